The zero-order chi connectivity index (χ0) is 20.0. The Balaban J connectivity index is 1.86. The van der Waals surface area contributed by atoms with E-state index in [4.69, 9.17) is 5.73 Å². The number of nitrogens with two attached hydrogens (primary N) is 1. The van der Waals surface area contributed by atoms with Gasteiger partial charge >= 0.3 is 0 Å². The van der Waals surface area contributed by atoms with Crippen LogP contribution in [0.4, 0.5) is 11.4 Å². The van der Waals surface area contributed by atoms with Gasteiger partial charge in [-0.05, 0) is 44.0 Å². The summed E-state index contributed by atoms with van der Waals surface area (Å²) in [6.45, 7) is 5.61. The van der Waals surface area contributed by atoms with Crippen molar-refractivity contribution in [2.45, 2.75) is 20.8 Å². The average molecular weight is 368 g/mol. The van der Waals surface area contributed by atoms with E-state index in [0.717, 1.165) is 22.4 Å². The van der Waals surface area contributed by atoms with E-state index in [1.807, 2.05) is 32.9 Å². The minimum atomic E-state index is -0.582. The van der Waals surface area contributed by atoms with Crippen LogP contribution in [0.15, 0.2) is 36.4 Å². The first-order chi connectivity index (χ1) is 12.8. The van der Waals surface area contributed by atoms with Gasteiger partial charge in [-0.2, -0.15) is 0 Å². The Labute approximate surface area is 158 Å². The minimum absolute atomic E-state index is 0.0832. The highest BCUT2D eigenvalue weighted by Gasteiger charge is 2.11. The van der Waals surface area contributed by atoms with Crippen molar-refractivity contribution < 1.29 is 14.4 Å². The lowest BCUT2D eigenvalue weighted by Crippen LogP contribution is -2.36. The third-order valence-electron chi connectivity index (χ3n) is 4.02. The Kier molecular flexibility index (Phi) is 6.54. The Hall–Kier alpha value is -3.35. The van der Waals surface area contributed by atoms with Gasteiger partial charge in [0.1, 0.15) is 0 Å². The molecule has 142 valence electrons. The molecule has 7 nitrogen and oxygen atoms in total. The van der Waals surface area contributed by atoms with Gasteiger partial charge in [-0.1, -0.05) is 29.8 Å². The van der Waals surface area contributed by atoms with Crippen molar-refractivity contribution in [1.29, 1.82) is 0 Å². The molecule has 0 spiro atoms. The van der Waals surface area contributed by atoms with Gasteiger partial charge in [-0.15, -0.1) is 0 Å². The third-order valence-corrected chi connectivity index (χ3v) is 4.02. The van der Waals surface area contributed by atoms with Crippen LogP contribution >= 0.6 is 0 Å². The van der Waals surface area contributed by atoms with Gasteiger partial charge in [0.2, 0.25) is 11.8 Å². The number of hydrogen-bond acceptors (Lipinski definition) is 4. The van der Waals surface area contributed by atoms with Crippen molar-refractivity contribution in [1.82, 2.24) is 5.32 Å². The minimum Gasteiger partial charge on any atom is -0.376 e. The first-order valence-corrected chi connectivity index (χ1v) is 8.55. The van der Waals surface area contributed by atoms with Crippen LogP contribution in [-0.2, 0) is 9.59 Å². The fourth-order valence-corrected chi connectivity index (χ4v) is 2.83. The molecule has 5 N–H and O–H groups in total. The van der Waals surface area contributed by atoms with Crippen LogP contribution in [-0.4, -0.2) is 30.8 Å². The second-order valence-corrected chi connectivity index (χ2v) is 6.36. The summed E-state index contributed by atoms with van der Waals surface area (Å²) in [6, 6.07) is 10.6. The quantitative estimate of drug-likeness (QED) is 0.597. The molecule has 0 saturated heterocycles. The molecule has 2 aromatic rings. The van der Waals surface area contributed by atoms with Crippen molar-refractivity contribution in [3.63, 3.8) is 0 Å². The molecule has 2 aromatic carbocycles. The van der Waals surface area contributed by atoms with E-state index in [-0.39, 0.29) is 24.9 Å². The van der Waals surface area contributed by atoms with Gasteiger partial charge in [0.15, 0.2) is 0 Å². The molecule has 0 unspecified atom stereocenters. The summed E-state index contributed by atoms with van der Waals surface area (Å²) < 4.78 is 0. The van der Waals surface area contributed by atoms with Gasteiger partial charge < -0.3 is 21.7 Å². The molecule has 0 fully saturated rings. The number of benzene rings is 2. The molecule has 2 rings (SSSR count). The zero-order valence-electron chi connectivity index (χ0n) is 15.7. The predicted octanol–water partition coefficient (Wildman–Crippen LogP) is 1.88. The summed E-state index contributed by atoms with van der Waals surface area (Å²) in [4.78, 5) is 35.4. The molecule has 0 aliphatic heterocycles. The second-order valence-electron chi connectivity index (χ2n) is 6.36. The van der Waals surface area contributed by atoms with E-state index in [1.54, 1.807) is 24.3 Å². The number of carbonyl (C=O) groups excluding carboxylic acids is 3. The number of primary amides is 1. The Morgan fingerprint density at radius 2 is 1.56 bits per heavy atom. The van der Waals surface area contributed by atoms with Crippen LogP contribution in [0.5, 0.6) is 0 Å². The van der Waals surface area contributed by atoms with Crippen molar-refractivity contribution in [2.75, 3.05) is 23.7 Å². The molecule has 0 bridgehead atoms. The zero-order valence-corrected chi connectivity index (χ0v) is 15.7. The van der Waals surface area contributed by atoms with E-state index in [1.165, 1.54) is 0 Å². The number of anilines is 2. The van der Waals surface area contributed by atoms with Gasteiger partial charge in [0, 0.05) is 11.4 Å². The molecule has 7 heteroatoms. The van der Waals surface area contributed by atoms with Crippen molar-refractivity contribution in [3.8, 4) is 0 Å². The van der Waals surface area contributed by atoms with Crippen LogP contribution in [0.25, 0.3) is 0 Å². The van der Waals surface area contributed by atoms with Gasteiger partial charge in [0.05, 0.1) is 18.7 Å². The number of nitrogens with one attached hydrogen (secondary N) is 3. The molecule has 0 heterocycles. The third kappa shape index (κ3) is 5.57. The average Bonchev–Trinajstić information content (AvgIpc) is 2.61. The maximum absolute atomic E-state index is 12.1. The van der Waals surface area contributed by atoms with E-state index in [2.05, 4.69) is 16.0 Å². The lowest BCUT2D eigenvalue weighted by Gasteiger charge is -2.13. The molecule has 0 saturated carbocycles. The first kappa shape index (κ1) is 20.0. The van der Waals surface area contributed by atoms with Crippen LogP contribution < -0.4 is 21.7 Å². The predicted molar refractivity (Wildman–Crippen MR) is 106 cm³/mol. The van der Waals surface area contributed by atoms with Crippen LogP contribution in [0.2, 0.25) is 0 Å². The SMILES string of the molecule is Cc1cc(C)c(NC(=O)CNC(=O)CNc2ccccc2C(N)=O)c(C)c1. The number of rotatable bonds is 7. The highest BCUT2D eigenvalue weighted by Crippen LogP contribution is 2.21. The molecule has 0 aliphatic carbocycles. The number of amides is 3. The maximum atomic E-state index is 12.1. The van der Waals surface area contributed by atoms with Gasteiger partial charge in [-0.25, -0.2) is 0 Å². The molecular weight excluding hydrogens is 344 g/mol. The number of hydrogen-bond donors (Lipinski definition) is 4. The highest BCUT2D eigenvalue weighted by atomic mass is 16.2. The largest absolute Gasteiger partial charge is 0.376 e. The van der Waals surface area contributed by atoms with Gasteiger partial charge in [-0.3, -0.25) is 14.4 Å². The Morgan fingerprint density at radius 3 is 2.19 bits per heavy atom. The number of carbonyl (C=O) groups is 3. The van der Waals surface area contributed by atoms with E-state index in [9.17, 15) is 14.4 Å². The smallest absolute Gasteiger partial charge is 0.250 e. The summed E-state index contributed by atoms with van der Waals surface area (Å²) in [5, 5.41) is 8.21. The lowest BCUT2D eigenvalue weighted by molar-refractivity contribution is -0.122. The fourth-order valence-electron chi connectivity index (χ4n) is 2.83. The van der Waals surface area contributed by atoms with Crippen molar-refractivity contribution in [2.24, 2.45) is 5.73 Å². The Bertz CT molecular complexity index is 854. The molecule has 0 aliphatic rings. The standard InChI is InChI=1S/C20H24N4O3/c1-12-8-13(2)19(14(3)9-12)24-18(26)11-23-17(25)10-22-16-7-5-4-6-15(16)20(21)27/h4-9,22H,10-11H2,1-3H3,(H2,21,27)(H,23,25)(H,24,26). The maximum Gasteiger partial charge on any atom is 0.250 e. The number of aryl methyl sites for hydroxylation is 3. The van der Waals surface area contributed by atoms with E-state index < -0.39 is 5.91 Å². The molecule has 0 atom stereocenters. The van der Waals surface area contributed by atoms with E-state index >= 15 is 0 Å². The summed E-state index contributed by atoms with van der Waals surface area (Å²) in [6.07, 6.45) is 0. The molecular formula is C20H24N4O3. The topological polar surface area (TPSA) is 113 Å². The van der Waals surface area contributed by atoms with Crippen LogP contribution in [0.3, 0.4) is 0 Å². The Morgan fingerprint density at radius 1 is 0.926 bits per heavy atom. The summed E-state index contributed by atoms with van der Waals surface area (Å²) in [5.41, 5.74) is 9.88. The monoisotopic (exact) mass is 368 g/mol. The summed E-state index contributed by atoms with van der Waals surface area (Å²) >= 11 is 0. The van der Waals surface area contributed by atoms with Gasteiger partial charge in [0.25, 0.3) is 5.91 Å². The van der Waals surface area contributed by atoms with Crippen LogP contribution in [0, 0.1) is 20.8 Å². The molecule has 3 amide bonds. The first-order valence-electron chi connectivity index (χ1n) is 8.55. The molecule has 0 aromatic heterocycles. The van der Waals surface area contributed by atoms with Crippen molar-refractivity contribution >= 4 is 29.1 Å². The summed E-state index contributed by atoms with van der Waals surface area (Å²) in [5.74, 6) is -1.26. The second kappa shape index (κ2) is 8.84. The van der Waals surface area contributed by atoms with E-state index in [0.29, 0.717) is 11.3 Å². The fraction of sp³-hybridized carbons (Fsp3) is 0.250. The number of para-hydroxylation sites is 1. The molecule has 0 radical (unpaired) electrons. The highest BCUT2D eigenvalue weighted by molar-refractivity contribution is 5.99. The summed E-state index contributed by atoms with van der Waals surface area (Å²) in [7, 11) is 0. The normalized spacial score (nSPS) is 10.2. The molecule has 27 heavy (non-hydrogen) atoms. The lowest BCUT2D eigenvalue weighted by atomic mass is 10.1. The van der Waals surface area contributed by atoms with Crippen molar-refractivity contribution in [3.05, 3.63) is 58.7 Å². The van der Waals surface area contributed by atoms with Crippen LogP contribution in [0.1, 0.15) is 27.0 Å².